The Balaban J connectivity index is 0.847. The number of alkyl carbamates (subject to hydrolysis) is 2. The number of ether oxygens (including phenoxy) is 4. The number of benzene rings is 4. The number of imidazole rings is 2. The van der Waals surface area contributed by atoms with Crippen molar-refractivity contribution in [3.05, 3.63) is 119 Å². The number of likely N-dealkylation sites (tertiary alicyclic amines) is 2. The first-order valence-electron chi connectivity index (χ1n) is 29.0. The van der Waals surface area contributed by atoms with Gasteiger partial charge in [-0.2, -0.15) is 0 Å². The first-order valence-corrected chi connectivity index (χ1v) is 29.0. The van der Waals surface area contributed by atoms with E-state index in [9.17, 15) is 19.2 Å². The molecule has 2 aromatic heterocycles. The fraction of sp³-hybridized carbons (Fsp3) is 0.508. The number of amides is 4. The number of nitrogens with one attached hydrogen (secondary N) is 4. The number of carbonyl (C=O) groups excluding carboxylic acids is 4. The molecule has 6 aliphatic heterocycles. The molecule has 6 aromatic rings. The molecule has 20 heteroatoms. The molecule has 0 saturated carbocycles. The molecule has 0 unspecified atom stereocenters. The number of fused-ring (bicyclic) bond motifs is 2. The van der Waals surface area contributed by atoms with Crippen LogP contribution in [0.2, 0.25) is 0 Å². The molecule has 0 radical (unpaired) electrons. The summed E-state index contributed by atoms with van der Waals surface area (Å²) in [5.41, 5.74) is 6.54. The lowest BCUT2D eigenvalue weighted by Crippen LogP contribution is -2.53. The van der Waals surface area contributed by atoms with Crippen molar-refractivity contribution < 1.29 is 46.9 Å². The van der Waals surface area contributed by atoms with Crippen molar-refractivity contribution in [2.24, 2.45) is 11.8 Å². The average molecular weight is 1110 g/mol. The van der Waals surface area contributed by atoms with E-state index in [-0.39, 0.29) is 53.5 Å². The van der Waals surface area contributed by atoms with Crippen LogP contribution in [0.3, 0.4) is 0 Å². The van der Waals surface area contributed by atoms with Gasteiger partial charge in [-0.3, -0.25) is 9.59 Å². The summed E-state index contributed by atoms with van der Waals surface area (Å²) in [7, 11) is 2.59. The molecule has 6 atom stereocenters. The van der Waals surface area contributed by atoms with Crippen molar-refractivity contribution in [3.63, 3.8) is 0 Å². The standard InChI is InChI=1S/C61H72F2N10O8/c1-78-60(76)68-53(38-20-28-80-29-21-38)58(74)71-24-6-10-51(71)56-64-45-14-12-40(32-47(45)66-56)49-16-17-50(73(49)42-34-43(62)55(44(63)35-42)70-26-18-37(19-27-70)36-8-4-3-5-9-36)41-13-15-46-48(33-41)67-57(65-46)52-11-7-25-72(52)59(75)54(69-61(77)79-2)39-22-30-81-31-23-39/h3-5,8-9,12-15,32-35,37-39,49-54H,6-7,10-11,16-31H2,1-2H3,(H,64,66)(H,65,67)(H,68,76)(H,69,77)/t49-,50-,51+,52+,53+,54+/m1/s1. The number of aromatic nitrogens is 4. The fourth-order valence-corrected chi connectivity index (χ4v) is 14.0. The van der Waals surface area contributed by atoms with Crippen molar-refractivity contribution in [3.8, 4) is 0 Å². The molecular weight excluding hydrogens is 1040 g/mol. The van der Waals surface area contributed by atoms with Crippen LogP contribution in [-0.2, 0) is 28.5 Å². The van der Waals surface area contributed by atoms with Crippen molar-refractivity contribution >= 4 is 57.4 Å². The van der Waals surface area contributed by atoms with Crippen molar-refractivity contribution in [1.29, 1.82) is 0 Å². The Labute approximate surface area is 469 Å². The zero-order valence-corrected chi connectivity index (χ0v) is 46.0. The number of halogens is 2. The van der Waals surface area contributed by atoms with Crippen molar-refractivity contribution in [2.45, 2.75) is 119 Å². The van der Waals surface area contributed by atoms with Gasteiger partial charge in [-0.15, -0.1) is 0 Å². The summed E-state index contributed by atoms with van der Waals surface area (Å²) in [4.78, 5) is 78.9. The largest absolute Gasteiger partial charge is 0.453 e. The normalized spacial score (nSPS) is 23.1. The van der Waals surface area contributed by atoms with E-state index in [1.807, 2.05) is 57.2 Å². The maximum absolute atomic E-state index is 16.9. The van der Waals surface area contributed by atoms with E-state index in [2.05, 4.69) is 49.8 Å². The Morgan fingerprint density at radius 3 is 1.49 bits per heavy atom. The molecule has 6 saturated heterocycles. The molecule has 4 aromatic carbocycles. The summed E-state index contributed by atoms with van der Waals surface area (Å²) in [5.74, 6) is -0.134. The van der Waals surface area contributed by atoms with Crippen LogP contribution in [0.4, 0.5) is 29.7 Å². The highest BCUT2D eigenvalue weighted by Gasteiger charge is 2.43. The number of carbonyl (C=O) groups is 4. The number of aromatic amines is 2. The average Bonchev–Trinajstić information content (AvgIpc) is 4.42. The number of anilines is 2. The summed E-state index contributed by atoms with van der Waals surface area (Å²) in [6, 6.07) is 22.6. The van der Waals surface area contributed by atoms with Crippen LogP contribution in [0.25, 0.3) is 22.1 Å². The van der Waals surface area contributed by atoms with Gasteiger partial charge in [0.1, 0.15) is 29.4 Å². The molecule has 8 heterocycles. The van der Waals surface area contributed by atoms with E-state index < -0.39 is 35.9 Å². The summed E-state index contributed by atoms with van der Waals surface area (Å²) in [5, 5.41) is 5.67. The minimum atomic E-state index is -0.766. The third-order valence-corrected chi connectivity index (χ3v) is 18.2. The van der Waals surface area contributed by atoms with E-state index in [4.69, 9.17) is 28.9 Å². The highest BCUT2D eigenvalue weighted by molar-refractivity contribution is 5.88. The molecule has 0 spiro atoms. The minimum absolute atomic E-state index is 0.00503. The van der Waals surface area contributed by atoms with E-state index in [0.29, 0.717) is 127 Å². The lowest BCUT2D eigenvalue weighted by atomic mass is 9.89. The second-order valence-electron chi connectivity index (χ2n) is 22.7. The van der Waals surface area contributed by atoms with Gasteiger partial charge in [-0.05, 0) is 148 Å². The monoisotopic (exact) mass is 1110 g/mol. The van der Waals surface area contributed by atoms with Gasteiger partial charge in [0.05, 0.1) is 60.5 Å². The molecule has 0 aliphatic carbocycles. The summed E-state index contributed by atoms with van der Waals surface area (Å²) >= 11 is 0. The quantitative estimate of drug-likeness (QED) is 0.0855. The van der Waals surface area contributed by atoms with Gasteiger partial charge in [0, 0.05) is 58.3 Å². The maximum atomic E-state index is 16.9. The molecule has 4 N–H and O–H groups in total. The number of methoxy groups -OCH3 is 2. The van der Waals surface area contributed by atoms with Gasteiger partial charge < -0.3 is 59.1 Å². The predicted octanol–water partition coefficient (Wildman–Crippen LogP) is 9.81. The lowest BCUT2D eigenvalue weighted by Gasteiger charge is -2.36. The molecule has 0 bridgehead atoms. The Morgan fingerprint density at radius 2 is 1.04 bits per heavy atom. The molecule has 12 rings (SSSR count). The first kappa shape index (κ1) is 54.3. The third kappa shape index (κ3) is 11.0. The highest BCUT2D eigenvalue weighted by atomic mass is 19.1. The smallest absolute Gasteiger partial charge is 0.407 e. The zero-order valence-electron chi connectivity index (χ0n) is 46.0. The van der Waals surface area contributed by atoms with Crippen LogP contribution in [0.15, 0.2) is 78.9 Å². The van der Waals surface area contributed by atoms with E-state index in [1.165, 1.54) is 31.9 Å². The summed E-state index contributed by atoms with van der Waals surface area (Å²) in [6.45, 7) is 4.14. The SMILES string of the molecule is COC(=O)N[C@H](C(=O)N1CCC[C@H]1c1nc2ccc([C@H]3CC[C@H](c4ccc5nc([C@@H]6CCCN6C(=O)[C@@H](NC(=O)OC)C6CCOCC6)[nH]c5c4)N3c3cc(F)c(N4CCC(c5ccccc5)CC4)c(F)c3)cc2[nH]1)C1CCOCC1. The molecule has 18 nitrogen and oxygen atoms in total. The van der Waals surface area contributed by atoms with Crippen LogP contribution in [0.5, 0.6) is 0 Å². The summed E-state index contributed by atoms with van der Waals surface area (Å²) in [6.07, 6.45) is 7.09. The first-order chi connectivity index (χ1) is 39.5. The molecule has 6 aliphatic rings. The highest BCUT2D eigenvalue weighted by Crippen LogP contribution is 2.49. The fourth-order valence-electron chi connectivity index (χ4n) is 14.0. The number of H-pyrrole nitrogens is 2. The minimum Gasteiger partial charge on any atom is -0.453 e. The van der Waals surface area contributed by atoms with Crippen LogP contribution >= 0.6 is 0 Å². The molecular formula is C61H72F2N10O8. The Kier molecular flexibility index (Phi) is 15.8. The lowest BCUT2D eigenvalue weighted by molar-refractivity contribution is -0.137. The number of piperidine rings is 1. The van der Waals surface area contributed by atoms with E-state index >= 15 is 8.78 Å². The number of hydrogen-bond donors (Lipinski definition) is 4. The molecule has 4 amide bonds. The van der Waals surface area contributed by atoms with Gasteiger partial charge >= 0.3 is 12.2 Å². The van der Waals surface area contributed by atoms with Gasteiger partial charge in [0.15, 0.2) is 11.6 Å². The zero-order chi connectivity index (χ0) is 55.7. The second-order valence-corrected chi connectivity index (χ2v) is 22.7. The van der Waals surface area contributed by atoms with Gasteiger partial charge in [0.2, 0.25) is 11.8 Å². The Morgan fingerprint density at radius 1 is 0.568 bits per heavy atom. The van der Waals surface area contributed by atoms with Crippen LogP contribution < -0.4 is 20.4 Å². The molecule has 81 heavy (non-hydrogen) atoms. The van der Waals surface area contributed by atoms with Gasteiger partial charge in [-0.25, -0.2) is 28.3 Å². The van der Waals surface area contributed by atoms with Crippen molar-refractivity contribution in [1.82, 2.24) is 40.4 Å². The number of rotatable bonds is 13. The van der Waals surface area contributed by atoms with Crippen LogP contribution in [0.1, 0.15) is 135 Å². The maximum Gasteiger partial charge on any atom is 0.407 e. The number of hydrogen-bond acceptors (Lipinski definition) is 12. The van der Waals surface area contributed by atoms with Crippen molar-refractivity contribution in [2.75, 3.05) is 76.6 Å². The van der Waals surface area contributed by atoms with Gasteiger partial charge in [0.25, 0.3) is 0 Å². The predicted molar refractivity (Wildman–Crippen MR) is 299 cm³/mol. The van der Waals surface area contributed by atoms with Gasteiger partial charge in [-0.1, -0.05) is 42.5 Å². The van der Waals surface area contributed by atoms with Crippen LogP contribution in [-0.4, -0.2) is 133 Å². The Bertz CT molecular complexity index is 3070. The molecule has 6 fully saturated rings. The molecule has 428 valence electrons. The number of nitrogens with zero attached hydrogens (tertiary/aromatic N) is 6. The second kappa shape index (κ2) is 23.6. The third-order valence-electron chi connectivity index (χ3n) is 18.2. The topological polar surface area (TPSA) is 200 Å². The van der Waals surface area contributed by atoms with E-state index in [0.717, 1.165) is 58.9 Å². The summed E-state index contributed by atoms with van der Waals surface area (Å²) < 4.78 is 55.0. The van der Waals surface area contributed by atoms with E-state index in [1.54, 1.807) is 0 Å². The van der Waals surface area contributed by atoms with Crippen LogP contribution in [0, 0.1) is 23.5 Å². The Hall–Kier alpha value is -7.32.